The average molecular weight is 525 g/mol. The van der Waals surface area contributed by atoms with Crippen LogP contribution in [-0.2, 0) is 9.47 Å². The lowest BCUT2D eigenvalue weighted by Gasteiger charge is -2.23. The highest BCUT2D eigenvalue weighted by atomic mass is 16.6. The Bertz CT molecular complexity index is 1720. The van der Waals surface area contributed by atoms with Crippen LogP contribution in [0.2, 0.25) is 0 Å². The SMILES string of the molecule is CC(C)(C)OC(=O)Nc1ccc2cc(-c3ccc4c(ccc5[nH]cnc54)c3)ccc2c1NC(=O)OC(C)(C)C. The summed E-state index contributed by atoms with van der Waals surface area (Å²) in [4.78, 5) is 32.9. The molecular formula is C31H32N4O4. The number of benzene rings is 4. The van der Waals surface area contributed by atoms with Gasteiger partial charge in [0.15, 0.2) is 0 Å². The number of carbonyl (C=O) groups is 2. The Morgan fingerprint density at radius 1 is 0.718 bits per heavy atom. The first kappa shape index (κ1) is 26.0. The number of H-pyrrole nitrogens is 1. The van der Waals surface area contributed by atoms with Gasteiger partial charge in [0.05, 0.1) is 28.7 Å². The largest absolute Gasteiger partial charge is 0.444 e. The fourth-order valence-electron chi connectivity index (χ4n) is 4.48. The van der Waals surface area contributed by atoms with Gasteiger partial charge in [0.2, 0.25) is 0 Å². The molecule has 0 atom stereocenters. The number of hydrogen-bond acceptors (Lipinski definition) is 5. The minimum atomic E-state index is -0.682. The van der Waals surface area contributed by atoms with Crippen LogP contribution in [0.4, 0.5) is 21.0 Å². The van der Waals surface area contributed by atoms with Gasteiger partial charge < -0.3 is 14.5 Å². The molecule has 39 heavy (non-hydrogen) atoms. The van der Waals surface area contributed by atoms with Gasteiger partial charge in [0.1, 0.15) is 11.2 Å². The first-order valence-corrected chi connectivity index (χ1v) is 12.8. The summed E-state index contributed by atoms with van der Waals surface area (Å²) in [6.07, 6.45) is 0.467. The molecule has 200 valence electrons. The molecule has 8 nitrogen and oxygen atoms in total. The molecule has 0 bridgehead atoms. The number of amides is 2. The molecule has 3 N–H and O–H groups in total. The Hall–Kier alpha value is -4.59. The summed E-state index contributed by atoms with van der Waals surface area (Å²) < 4.78 is 10.9. The Kier molecular flexibility index (Phi) is 6.42. The van der Waals surface area contributed by atoms with Gasteiger partial charge in [-0.3, -0.25) is 10.6 Å². The van der Waals surface area contributed by atoms with Crippen molar-refractivity contribution >= 4 is 56.1 Å². The molecule has 8 heteroatoms. The molecule has 0 aliphatic heterocycles. The first-order chi connectivity index (χ1) is 18.4. The number of rotatable bonds is 3. The molecule has 0 unspecified atom stereocenters. The Labute approximate surface area is 226 Å². The van der Waals surface area contributed by atoms with E-state index < -0.39 is 23.4 Å². The van der Waals surface area contributed by atoms with Gasteiger partial charge >= 0.3 is 12.2 Å². The molecule has 1 heterocycles. The number of nitrogens with one attached hydrogen (secondary N) is 3. The molecule has 0 radical (unpaired) electrons. The van der Waals surface area contributed by atoms with Crippen LogP contribution in [-0.4, -0.2) is 33.4 Å². The normalized spacial score (nSPS) is 12.1. The number of hydrogen-bond donors (Lipinski definition) is 3. The zero-order valence-electron chi connectivity index (χ0n) is 22.9. The lowest BCUT2D eigenvalue weighted by atomic mass is 9.97. The summed E-state index contributed by atoms with van der Waals surface area (Å²) in [7, 11) is 0. The molecule has 0 aliphatic rings. The highest BCUT2D eigenvalue weighted by Gasteiger charge is 2.21. The van der Waals surface area contributed by atoms with E-state index in [0.29, 0.717) is 11.4 Å². The van der Waals surface area contributed by atoms with Crippen LogP contribution >= 0.6 is 0 Å². The van der Waals surface area contributed by atoms with E-state index in [1.807, 2.05) is 24.3 Å². The van der Waals surface area contributed by atoms with Crippen LogP contribution in [0.15, 0.2) is 67.0 Å². The van der Waals surface area contributed by atoms with Crippen molar-refractivity contribution in [1.82, 2.24) is 9.97 Å². The smallest absolute Gasteiger partial charge is 0.412 e. The fourth-order valence-corrected chi connectivity index (χ4v) is 4.48. The van der Waals surface area contributed by atoms with Crippen molar-refractivity contribution in [3.63, 3.8) is 0 Å². The van der Waals surface area contributed by atoms with E-state index in [4.69, 9.17) is 9.47 Å². The Morgan fingerprint density at radius 3 is 1.92 bits per heavy atom. The summed E-state index contributed by atoms with van der Waals surface area (Å²) in [6, 6.07) is 20.0. The van der Waals surface area contributed by atoms with Crippen molar-refractivity contribution in [2.45, 2.75) is 52.7 Å². The van der Waals surface area contributed by atoms with Crippen molar-refractivity contribution < 1.29 is 19.1 Å². The van der Waals surface area contributed by atoms with Crippen LogP contribution < -0.4 is 10.6 Å². The van der Waals surface area contributed by atoms with E-state index in [0.717, 1.165) is 43.7 Å². The van der Waals surface area contributed by atoms with Crippen LogP contribution in [0.25, 0.3) is 43.7 Å². The van der Waals surface area contributed by atoms with E-state index in [-0.39, 0.29) is 0 Å². The minimum absolute atomic E-state index is 0.407. The van der Waals surface area contributed by atoms with E-state index in [2.05, 4.69) is 50.9 Å². The number of imidazole rings is 1. The molecule has 0 fully saturated rings. The van der Waals surface area contributed by atoms with E-state index in [1.54, 1.807) is 53.9 Å². The van der Waals surface area contributed by atoms with Crippen molar-refractivity contribution in [3.05, 3.63) is 67.0 Å². The third-order valence-electron chi connectivity index (χ3n) is 6.02. The van der Waals surface area contributed by atoms with Gasteiger partial charge in [-0.1, -0.05) is 36.4 Å². The summed E-state index contributed by atoms with van der Waals surface area (Å²) in [5.41, 5.74) is 3.50. The summed E-state index contributed by atoms with van der Waals surface area (Å²) in [5.74, 6) is 0. The van der Waals surface area contributed by atoms with E-state index >= 15 is 0 Å². The molecule has 0 aliphatic carbocycles. The van der Waals surface area contributed by atoms with Gasteiger partial charge in [-0.05, 0) is 87.7 Å². The van der Waals surface area contributed by atoms with Crippen molar-refractivity contribution in [3.8, 4) is 11.1 Å². The third-order valence-corrected chi connectivity index (χ3v) is 6.02. The van der Waals surface area contributed by atoms with Crippen LogP contribution in [0.1, 0.15) is 41.5 Å². The fraction of sp³-hybridized carbons (Fsp3) is 0.258. The lowest BCUT2D eigenvalue weighted by molar-refractivity contribution is 0.0621. The van der Waals surface area contributed by atoms with Crippen molar-refractivity contribution in [2.75, 3.05) is 10.6 Å². The second kappa shape index (κ2) is 9.62. The second-order valence-electron chi connectivity index (χ2n) is 11.5. The summed E-state index contributed by atoms with van der Waals surface area (Å²) in [5, 5.41) is 9.41. The quantitative estimate of drug-likeness (QED) is 0.220. The lowest BCUT2D eigenvalue weighted by Crippen LogP contribution is -2.29. The van der Waals surface area contributed by atoms with Crippen LogP contribution in [0, 0.1) is 0 Å². The third kappa shape index (κ3) is 5.80. The maximum Gasteiger partial charge on any atom is 0.412 e. The number of aromatic nitrogens is 2. The zero-order valence-corrected chi connectivity index (χ0v) is 22.9. The van der Waals surface area contributed by atoms with Gasteiger partial charge in [-0.25, -0.2) is 14.6 Å². The predicted molar refractivity (Wildman–Crippen MR) is 156 cm³/mol. The molecule has 1 aromatic heterocycles. The van der Waals surface area contributed by atoms with Crippen LogP contribution in [0.3, 0.4) is 0 Å². The highest BCUT2D eigenvalue weighted by Crippen LogP contribution is 2.36. The minimum Gasteiger partial charge on any atom is -0.444 e. The first-order valence-electron chi connectivity index (χ1n) is 12.8. The Balaban J connectivity index is 1.54. The van der Waals surface area contributed by atoms with Crippen molar-refractivity contribution in [1.29, 1.82) is 0 Å². The van der Waals surface area contributed by atoms with Gasteiger partial charge in [0.25, 0.3) is 0 Å². The number of anilines is 2. The van der Waals surface area contributed by atoms with E-state index in [9.17, 15) is 9.59 Å². The number of carbonyl (C=O) groups excluding carboxylic acids is 2. The molecular weight excluding hydrogens is 492 g/mol. The van der Waals surface area contributed by atoms with Gasteiger partial charge in [0, 0.05) is 10.8 Å². The molecule has 5 rings (SSSR count). The maximum atomic E-state index is 12.7. The number of aromatic amines is 1. The molecule has 0 saturated carbocycles. The van der Waals surface area contributed by atoms with E-state index in [1.165, 1.54) is 0 Å². The molecule has 5 aromatic rings. The average Bonchev–Trinajstić information content (AvgIpc) is 3.32. The number of fused-ring (bicyclic) bond motifs is 4. The maximum absolute atomic E-state index is 12.7. The molecule has 0 spiro atoms. The topological polar surface area (TPSA) is 105 Å². The van der Waals surface area contributed by atoms with Crippen LogP contribution in [0.5, 0.6) is 0 Å². The second-order valence-corrected chi connectivity index (χ2v) is 11.5. The molecule has 2 amide bonds. The predicted octanol–water partition coefficient (Wildman–Crippen LogP) is 8.23. The number of ether oxygens (including phenoxy) is 2. The standard InChI is InChI=1S/C31H32N4O4/c1-30(2,3)38-28(36)34-25-14-10-21-16-19(8-12-23(21)27(25)35-29(37)39-31(4,5)6)18-7-11-22-20(15-18)9-13-24-26(22)33-17-32-24/h7-17H,1-6H3,(H,32,33)(H,34,36)(H,35,37). The Morgan fingerprint density at radius 2 is 1.28 bits per heavy atom. The molecule has 4 aromatic carbocycles. The number of nitrogens with zero attached hydrogens (tertiary/aromatic N) is 1. The van der Waals surface area contributed by atoms with Crippen molar-refractivity contribution in [2.24, 2.45) is 0 Å². The van der Waals surface area contributed by atoms with Gasteiger partial charge in [-0.2, -0.15) is 0 Å². The monoisotopic (exact) mass is 524 g/mol. The summed E-state index contributed by atoms with van der Waals surface area (Å²) in [6.45, 7) is 10.8. The summed E-state index contributed by atoms with van der Waals surface area (Å²) >= 11 is 0. The highest BCUT2D eigenvalue weighted by molar-refractivity contribution is 6.09. The van der Waals surface area contributed by atoms with Gasteiger partial charge in [-0.15, -0.1) is 0 Å². The zero-order chi connectivity index (χ0) is 27.9. The molecule has 0 saturated heterocycles.